The smallest absolute Gasteiger partial charge is 0.335 e. The average molecular weight is 327 g/mol. The lowest BCUT2D eigenvalue weighted by Crippen LogP contribution is -2.48. The Balaban J connectivity index is 2.15. The highest BCUT2D eigenvalue weighted by Gasteiger charge is 2.36. The van der Waals surface area contributed by atoms with Crippen LogP contribution in [0.4, 0.5) is 5.69 Å². The van der Waals surface area contributed by atoms with E-state index >= 15 is 0 Å². The molecule has 0 radical (unpaired) electrons. The van der Waals surface area contributed by atoms with Gasteiger partial charge in [-0.1, -0.05) is 0 Å². The van der Waals surface area contributed by atoms with Crippen molar-refractivity contribution in [2.24, 2.45) is 0 Å². The van der Waals surface area contributed by atoms with Gasteiger partial charge in [0.05, 0.1) is 16.8 Å². The number of carbonyl (C=O) groups excluding carboxylic acids is 1. The van der Waals surface area contributed by atoms with Gasteiger partial charge in [0, 0.05) is 4.47 Å². The van der Waals surface area contributed by atoms with E-state index < -0.39 is 11.5 Å². The van der Waals surface area contributed by atoms with Crippen molar-refractivity contribution in [3.05, 3.63) is 28.2 Å². The molecule has 1 fully saturated rings. The molecule has 2 rings (SSSR count). The number of anilines is 1. The summed E-state index contributed by atoms with van der Waals surface area (Å²) in [6.45, 7) is 2.71. The molecule has 6 heteroatoms. The van der Waals surface area contributed by atoms with Gasteiger partial charge in [-0.2, -0.15) is 0 Å². The topological polar surface area (TPSA) is 78.4 Å². The molecule has 0 saturated carbocycles. The second-order valence-corrected chi connectivity index (χ2v) is 5.67. The van der Waals surface area contributed by atoms with E-state index in [-0.39, 0.29) is 11.5 Å². The van der Waals surface area contributed by atoms with Crippen LogP contribution in [0, 0.1) is 0 Å². The van der Waals surface area contributed by atoms with Crippen LogP contribution in [0.2, 0.25) is 0 Å². The van der Waals surface area contributed by atoms with Gasteiger partial charge < -0.3 is 15.7 Å². The molecule has 1 heterocycles. The monoisotopic (exact) mass is 326 g/mol. The highest BCUT2D eigenvalue weighted by Crippen LogP contribution is 2.26. The first-order chi connectivity index (χ1) is 8.92. The molecule has 0 aromatic heterocycles. The molecule has 1 aliphatic heterocycles. The van der Waals surface area contributed by atoms with Crippen molar-refractivity contribution in [1.29, 1.82) is 0 Å². The van der Waals surface area contributed by atoms with Gasteiger partial charge in [-0.3, -0.25) is 4.79 Å². The maximum atomic E-state index is 12.2. The van der Waals surface area contributed by atoms with E-state index in [4.69, 9.17) is 5.11 Å². The number of carboxylic acids is 1. The van der Waals surface area contributed by atoms with Crippen LogP contribution in [0.25, 0.3) is 0 Å². The summed E-state index contributed by atoms with van der Waals surface area (Å²) in [5, 5.41) is 14.9. The summed E-state index contributed by atoms with van der Waals surface area (Å²) in [6, 6.07) is 4.53. The number of hydrogen-bond donors (Lipinski definition) is 3. The van der Waals surface area contributed by atoms with Crippen molar-refractivity contribution < 1.29 is 14.7 Å². The molecule has 3 N–H and O–H groups in total. The van der Waals surface area contributed by atoms with Crippen molar-refractivity contribution in [2.75, 3.05) is 11.9 Å². The maximum Gasteiger partial charge on any atom is 0.335 e. The maximum absolute atomic E-state index is 12.2. The molecule has 0 spiro atoms. The van der Waals surface area contributed by atoms with Gasteiger partial charge >= 0.3 is 5.97 Å². The van der Waals surface area contributed by atoms with Crippen LogP contribution >= 0.6 is 15.9 Å². The van der Waals surface area contributed by atoms with E-state index in [1.807, 2.05) is 6.92 Å². The zero-order valence-corrected chi connectivity index (χ0v) is 12.1. The Bertz CT molecular complexity index is 525. The minimum Gasteiger partial charge on any atom is -0.478 e. The third kappa shape index (κ3) is 2.96. The van der Waals surface area contributed by atoms with Crippen LogP contribution in [-0.2, 0) is 4.79 Å². The van der Waals surface area contributed by atoms with Gasteiger partial charge in [-0.15, -0.1) is 0 Å². The molecule has 19 heavy (non-hydrogen) atoms. The molecule has 1 saturated heterocycles. The highest BCUT2D eigenvalue weighted by molar-refractivity contribution is 9.10. The molecule has 1 amide bonds. The molecule has 0 aliphatic carbocycles. The molecule has 1 aromatic rings. The number of amides is 1. The van der Waals surface area contributed by atoms with Crippen molar-refractivity contribution in [2.45, 2.75) is 25.3 Å². The second-order valence-electron chi connectivity index (χ2n) is 4.82. The van der Waals surface area contributed by atoms with Gasteiger partial charge in [-0.25, -0.2) is 4.79 Å². The van der Waals surface area contributed by atoms with Crippen LogP contribution in [-0.4, -0.2) is 29.1 Å². The lowest BCUT2D eigenvalue weighted by Gasteiger charge is -2.23. The molecule has 1 aliphatic rings. The molecular formula is C13H15BrN2O3. The minimum atomic E-state index is -0.997. The Labute approximate surface area is 119 Å². The fraction of sp³-hybridized carbons (Fsp3) is 0.385. The van der Waals surface area contributed by atoms with Crippen LogP contribution in [0.5, 0.6) is 0 Å². The lowest BCUT2D eigenvalue weighted by atomic mass is 9.99. The van der Waals surface area contributed by atoms with Gasteiger partial charge in [0.25, 0.3) is 0 Å². The summed E-state index contributed by atoms with van der Waals surface area (Å²) >= 11 is 3.27. The minimum absolute atomic E-state index is 0.103. The van der Waals surface area contributed by atoms with Crippen molar-refractivity contribution in [3.63, 3.8) is 0 Å². The lowest BCUT2D eigenvalue weighted by molar-refractivity contribution is -0.121. The summed E-state index contributed by atoms with van der Waals surface area (Å²) in [7, 11) is 0. The summed E-state index contributed by atoms with van der Waals surface area (Å²) in [4.78, 5) is 23.0. The molecule has 102 valence electrons. The van der Waals surface area contributed by atoms with E-state index in [1.54, 1.807) is 6.07 Å². The zero-order valence-electron chi connectivity index (χ0n) is 10.5. The molecule has 1 atom stereocenters. The average Bonchev–Trinajstić information content (AvgIpc) is 2.80. The van der Waals surface area contributed by atoms with E-state index in [0.717, 1.165) is 19.4 Å². The third-order valence-electron chi connectivity index (χ3n) is 3.33. The van der Waals surface area contributed by atoms with Gasteiger partial charge in [0.1, 0.15) is 0 Å². The van der Waals surface area contributed by atoms with E-state index in [2.05, 4.69) is 26.6 Å². The Morgan fingerprint density at radius 1 is 1.47 bits per heavy atom. The van der Waals surface area contributed by atoms with Crippen LogP contribution in [0.15, 0.2) is 22.7 Å². The molecule has 1 unspecified atom stereocenters. The number of nitrogens with one attached hydrogen (secondary N) is 2. The van der Waals surface area contributed by atoms with Crippen molar-refractivity contribution in [3.8, 4) is 0 Å². The molecule has 5 nitrogen and oxygen atoms in total. The Hall–Kier alpha value is -1.40. The van der Waals surface area contributed by atoms with Crippen LogP contribution < -0.4 is 10.6 Å². The number of hydrogen-bond acceptors (Lipinski definition) is 3. The van der Waals surface area contributed by atoms with Crippen molar-refractivity contribution >= 4 is 33.5 Å². The predicted octanol–water partition coefficient (Wildman–Crippen LogP) is 2.23. The van der Waals surface area contributed by atoms with Gasteiger partial charge in [0.15, 0.2) is 0 Å². The largest absolute Gasteiger partial charge is 0.478 e. The van der Waals surface area contributed by atoms with E-state index in [0.29, 0.717) is 10.2 Å². The van der Waals surface area contributed by atoms with Crippen LogP contribution in [0.3, 0.4) is 0 Å². The summed E-state index contributed by atoms with van der Waals surface area (Å²) in [6.07, 6.45) is 1.77. The number of aromatic carboxylic acids is 1. The number of rotatable bonds is 3. The molecule has 0 bridgehead atoms. The first kappa shape index (κ1) is 14.0. The molecule has 1 aromatic carbocycles. The summed E-state index contributed by atoms with van der Waals surface area (Å²) in [5.41, 5.74) is 0.199. The summed E-state index contributed by atoms with van der Waals surface area (Å²) < 4.78 is 0.558. The SMILES string of the molecule is CC1(C(=O)Nc2ccc(C(=O)O)cc2Br)CCCN1. The first-order valence-electron chi connectivity index (χ1n) is 6.02. The predicted molar refractivity (Wildman–Crippen MR) is 75.4 cm³/mol. The Morgan fingerprint density at radius 2 is 2.21 bits per heavy atom. The Kier molecular flexibility index (Phi) is 3.91. The normalized spacial score (nSPS) is 22.2. The number of carbonyl (C=O) groups is 2. The van der Waals surface area contributed by atoms with E-state index in [9.17, 15) is 9.59 Å². The number of carboxylic acid groups (broad SMARTS) is 1. The third-order valence-corrected chi connectivity index (χ3v) is 3.99. The first-order valence-corrected chi connectivity index (χ1v) is 6.81. The zero-order chi connectivity index (χ0) is 14.0. The van der Waals surface area contributed by atoms with Gasteiger partial charge in [0.2, 0.25) is 5.91 Å². The van der Waals surface area contributed by atoms with Gasteiger partial charge in [-0.05, 0) is 60.4 Å². The Morgan fingerprint density at radius 3 is 2.74 bits per heavy atom. The van der Waals surface area contributed by atoms with Crippen molar-refractivity contribution in [1.82, 2.24) is 5.32 Å². The summed E-state index contributed by atoms with van der Waals surface area (Å²) in [5.74, 6) is -1.10. The fourth-order valence-electron chi connectivity index (χ4n) is 2.10. The standard InChI is InChI=1S/C13H15BrN2O3/c1-13(5-2-6-15-13)12(19)16-10-4-3-8(11(17)18)7-9(10)14/h3-4,7,15H,2,5-6H2,1H3,(H,16,19)(H,17,18). The second kappa shape index (κ2) is 5.30. The highest BCUT2D eigenvalue weighted by atomic mass is 79.9. The number of benzene rings is 1. The quantitative estimate of drug-likeness (QED) is 0.795. The molecular weight excluding hydrogens is 312 g/mol. The number of halogens is 1. The van der Waals surface area contributed by atoms with E-state index in [1.165, 1.54) is 12.1 Å². The fourth-order valence-corrected chi connectivity index (χ4v) is 2.58. The van der Waals surface area contributed by atoms with Crippen LogP contribution in [0.1, 0.15) is 30.1 Å².